The summed E-state index contributed by atoms with van der Waals surface area (Å²) in [6.45, 7) is 2.32. The van der Waals surface area contributed by atoms with E-state index in [4.69, 9.17) is 4.84 Å². The average molecular weight is 457 g/mol. The van der Waals surface area contributed by atoms with Crippen molar-refractivity contribution in [3.8, 4) is 16.9 Å². The standard InChI is InChI=1S/C26H23F4NO2/c1-17-21(8-5-9-23(17)18-6-3-2-4-7-18)16-32-31-24(19-10-11-19)20-12-14-22(15-13-20)33-26(29,30)25(27)28/h2-9,12-15,19,25H,10-11,16H2,1H3/b31-24+. The van der Waals surface area contributed by atoms with Gasteiger partial charge in [-0.1, -0.05) is 53.7 Å². The highest BCUT2D eigenvalue weighted by Gasteiger charge is 2.44. The van der Waals surface area contributed by atoms with Gasteiger partial charge in [0.25, 0.3) is 0 Å². The number of hydrogen-bond acceptors (Lipinski definition) is 3. The molecule has 3 nitrogen and oxygen atoms in total. The zero-order valence-electron chi connectivity index (χ0n) is 18.0. The molecule has 0 amide bonds. The Hall–Kier alpha value is -3.35. The van der Waals surface area contributed by atoms with Crippen molar-refractivity contribution in [2.45, 2.75) is 38.9 Å². The van der Waals surface area contributed by atoms with Gasteiger partial charge in [0, 0.05) is 5.92 Å². The maximum Gasteiger partial charge on any atom is 0.461 e. The highest BCUT2D eigenvalue weighted by Crippen LogP contribution is 2.35. The van der Waals surface area contributed by atoms with Crippen molar-refractivity contribution in [1.29, 1.82) is 0 Å². The maximum atomic E-state index is 13.1. The second kappa shape index (κ2) is 9.65. The molecule has 1 aliphatic carbocycles. The Balaban J connectivity index is 1.47. The van der Waals surface area contributed by atoms with Crippen molar-refractivity contribution in [2.24, 2.45) is 11.1 Å². The van der Waals surface area contributed by atoms with E-state index in [9.17, 15) is 17.6 Å². The normalized spacial score (nSPS) is 14.4. The van der Waals surface area contributed by atoms with Crippen molar-refractivity contribution in [2.75, 3.05) is 0 Å². The Bertz CT molecular complexity index is 1110. The van der Waals surface area contributed by atoms with Crippen LogP contribution in [0.15, 0.2) is 78.0 Å². The molecule has 0 N–H and O–H groups in total. The van der Waals surface area contributed by atoms with Gasteiger partial charge < -0.3 is 9.57 Å². The summed E-state index contributed by atoms with van der Waals surface area (Å²) in [5, 5.41) is 4.33. The minimum Gasteiger partial charge on any atom is -0.428 e. The smallest absolute Gasteiger partial charge is 0.428 e. The fraction of sp³-hybridized carbons (Fsp3) is 0.269. The Kier molecular flexibility index (Phi) is 6.67. The molecule has 0 saturated heterocycles. The van der Waals surface area contributed by atoms with Crippen LogP contribution in [0.25, 0.3) is 11.1 Å². The van der Waals surface area contributed by atoms with Crippen molar-refractivity contribution >= 4 is 5.71 Å². The van der Waals surface area contributed by atoms with E-state index in [1.165, 1.54) is 24.3 Å². The molecule has 3 aromatic carbocycles. The predicted octanol–water partition coefficient (Wildman–Crippen LogP) is 7.23. The van der Waals surface area contributed by atoms with Gasteiger partial charge in [-0.25, -0.2) is 0 Å². The second-order valence-corrected chi connectivity index (χ2v) is 7.97. The Labute approximate surface area is 189 Å². The van der Waals surface area contributed by atoms with Gasteiger partial charge in [-0.3, -0.25) is 0 Å². The lowest BCUT2D eigenvalue weighted by Gasteiger charge is -2.17. The van der Waals surface area contributed by atoms with Crippen LogP contribution < -0.4 is 4.74 Å². The van der Waals surface area contributed by atoms with E-state index in [1.807, 2.05) is 37.3 Å². The molecular formula is C26H23F4NO2. The molecule has 3 aromatic rings. The number of oxime groups is 1. The number of hydrogen-bond donors (Lipinski definition) is 0. The number of benzene rings is 3. The minimum atomic E-state index is -4.54. The molecule has 0 aromatic heterocycles. The fourth-order valence-electron chi connectivity index (χ4n) is 3.56. The fourth-order valence-corrected chi connectivity index (χ4v) is 3.56. The molecule has 172 valence electrons. The Morgan fingerprint density at radius 1 is 0.970 bits per heavy atom. The van der Waals surface area contributed by atoms with Crippen LogP contribution in [0.3, 0.4) is 0 Å². The third-order valence-corrected chi connectivity index (χ3v) is 5.54. The van der Waals surface area contributed by atoms with Gasteiger partial charge >= 0.3 is 12.5 Å². The molecule has 1 saturated carbocycles. The van der Waals surface area contributed by atoms with Crippen molar-refractivity contribution in [3.63, 3.8) is 0 Å². The summed E-state index contributed by atoms with van der Waals surface area (Å²) in [7, 11) is 0. The first-order valence-electron chi connectivity index (χ1n) is 10.6. The molecule has 0 radical (unpaired) electrons. The number of halogens is 4. The molecule has 33 heavy (non-hydrogen) atoms. The summed E-state index contributed by atoms with van der Waals surface area (Å²) >= 11 is 0. The lowest BCUT2D eigenvalue weighted by molar-refractivity contribution is -0.253. The van der Waals surface area contributed by atoms with Crippen molar-refractivity contribution in [3.05, 3.63) is 89.5 Å². The summed E-state index contributed by atoms with van der Waals surface area (Å²) in [6.07, 6.45) is -6.54. The summed E-state index contributed by atoms with van der Waals surface area (Å²) in [5.41, 5.74) is 5.75. The van der Waals surface area contributed by atoms with Crippen LogP contribution in [0, 0.1) is 12.8 Å². The van der Waals surface area contributed by atoms with E-state index >= 15 is 0 Å². The lowest BCUT2D eigenvalue weighted by Crippen LogP contribution is -2.33. The van der Waals surface area contributed by atoms with Gasteiger partial charge in [-0.2, -0.15) is 17.6 Å². The molecule has 0 heterocycles. The van der Waals surface area contributed by atoms with E-state index in [0.29, 0.717) is 11.3 Å². The van der Waals surface area contributed by atoms with E-state index in [1.54, 1.807) is 0 Å². The summed E-state index contributed by atoms with van der Waals surface area (Å²) < 4.78 is 55.0. The maximum absolute atomic E-state index is 13.1. The number of nitrogens with zero attached hydrogens (tertiary/aromatic N) is 1. The zero-order chi connectivity index (χ0) is 23.4. The molecule has 0 bridgehead atoms. The first-order valence-corrected chi connectivity index (χ1v) is 10.6. The average Bonchev–Trinajstić information content (AvgIpc) is 3.64. The van der Waals surface area contributed by atoms with E-state index in [-0.39, 0.29) is 18.3 Å². The zero-order valence-corrected chi connectivity index (χ0v) is 18.0. The Morgan fingerprint density at radius 2 is 1.67 bits per heavy atom. The third kappa shape index (κ3) is 5.53. The van der Waals surface area contributed by atoms with Gasteiger partial charge in [-0.15, -0.1) is 0 Å². The van der Waals surface area contributed by atoms with Gasteiger partial charge in [0.1, 0.15) is 12.4 Å². The van der Waals surface area contributed by atoms with Gasteiger partial charge in [0.05, 0.1) is 5.71 Å². The van der Waals surface area contributed by atoms with Crippen LogP contribution in [-0.4, -0.2) is 18.2 Å². The van der Waals surface area contributed by atoms with Crippen LogP contribution in [0.5, 0.6) is 5.75 Å². The summed E-state index contributed by atoms with van der Waals surface area (Å²) in [6, 6.07) is 21.6. The first kappa shape index (κ1) is 22.8. The highest BCUT2D eigenvalue weighted by atomic mass is 19.3. The van der Waals surface area contributed by atoms with Crippen molar-refractivity contribution < 1.29 is 27.1 Å². The van der Waals surface area contributed by atoms with Crippen LogP contribution in [0.4, 0.5) is 17.6 Å². The topological polar surface area (TPSA) is 30.8 Å². The molecule has 0 unspecified atom stereocenters. The second-order valence-electron chi connectivity index (χ2n) is 7.97. The largest absolute Gasteiger partial charge is 0.461 e. The van der Waals surface area contributed by atoms with Gasteiger partial charge in [0.15, 0.2) is 0 Å². The van der Waals surface area contributed by atoms with Gasteiger partial charge in [-0.05, 0) is 71.8 Å². The van der Waals surface area contributed by atoms with Gasteiger partial charge in [0.2, 0.25) is 0 Å². The monoisotopic (exact) mass is 457 g/mol. The third-order valence-electron chi connectivity index (χ3n) is 5.54. The summed E-state index contributed by atoms with van der Waals surface area (Å²) in [5.74, 6) is -0.121. The van der Waals surface area contributed by atoms with Crippen LogP contribution in [-0.2, 0) is 11.4 Å². The van der Waals surface area contributed by atoms with E-state index in [2.05, 4.69) is 28.1 Å². The molecule has 0 spiro atoms. The molecule has 0 atom stereocenters. The van der Waals surface area contributed by atoms with E-state index in [0.717, 1.165) is 35.1 Å². The van der Waals surface area contributed by atoms with Crippen LogP contribution in [0.2, 0.25) is 0 Å². The quantitative estimate of drug-likeness (QED) is 0.193. The first-order chi connectivity index (χ1) is 15.8. The molecule has 1 aliphatic rings. The SMILES string of the molecule is Cc1c(CO/N=C(/c2ccc(OC(F)(F)C(F)F)cc2)C2CC2)cccc1-c1ccccc1. The molecule has 1 fully saturated rings. The molecule has 0 aliphatic heterocycles. The minimum absolute atomic E-state index is 0.219. The van der Waals surface area contributed by atoms with Crippen molar-refractivity contribution in [1.82, 2.24) is 0 Å². The Morgan fingerprint density at radius 3 is 2.30 bits per heavy atom. The summed E-state index contributed by atoms with van der Waals surface area (Å²) in [4.78, 5) is 5.69. The predicted molar refractivity (Wildman–Crippen MR) is 119 cm³/mol. The lowest BCUT2D eigenvalue weighted by atomic mass is 9.97. The van der Waals surface area contributed by atoms with Crippen LogP contribution >= 0.6 is 0 Å². The molecular weight excluding hydrogens is 434 g/mol. The van der Waals surface area contributed by atoms with Crippen LogP contribution in [0.1, 0.15) is 29.5 Å². The number of ether oxygens (including phenoxy) is 1. The number of rotatable bonds is 9. The van der Waals surface area contributed by atoms with E-state index < -0.39 is 12.5 Å². The highest BCUT2D eigenvalue weighted by molar-refractivity contribution is 6.03. The molecule has 7 heteroatoms. The molecule has 4 rings (SSSR count). The number of alkyl halides is 4.